The summed E-state index contributed by atoms with van der Waals surface area (Å²) in [6, 6.07) is 0. The molecule has 0 aromatic rings. The zero-order chi connectivity index (χ0) is 14.4. The van der Waals surface area contributed by atoms with Crippen LogP contribution >= 0.6 is 0 Å². The Morgan fingerprint density at radius 3 is 2.45 bits per heavy atom. The van der Waals surface area contributed by atoms with Crippen LogP contribution in [0.5, 0.6) is 0 Å². The van der Waals surface area contributed by atoms with E-state index in [1.165, 1.54) is 32.1 Å². The maximum Gasteiger partial charge on any atom is 0.0858 e. The molecular weight excluding hydrogens is 252 g/mol. The third-order valence-electron chi connectivity index (χ3n) is 5.25. The van der Waals surface area contributed by atoms with E-state index in [4.69, 9.17) is 14.2 Å². The van der Waals surface area contributed by atoms with Crippen LogP contribution in [0.25, 0.3) is 0 Å². The molecule has 0 heterocycles. The van der Waals surface area contributed by atoms with Crippen LogP contribution in [0.3, 0.4) is 0 Å². The maximum atomic E-state index is 5.90. The van der Waals surface area contributed by atoms with Crippen LogP contribution < -0.4 is 0 Å². The molecule has 0 saturated heterocycles. The van der Waals surface area contributed by atoms with Crippen molar-refractivity contribution in [3.63, 3.8) is 0 Å². The highest BCUT2D eigenvalue weighted by molar-refractivity contribution is 5.13. The smallest absolute Gasteiger partial charge is 0.0858 e. The maximum absolute atomic E-state index is 5.90. The van der Waals surface area contributed by atoms with Gasteiger partial charge < -0.3 is 14.2 Å². The minimum atomic E-state index is -0.0192. The highest BCUT2D eigenvalue weighted by atomic mass is 16.5. The van der Waals surface area contributed by atoms with Crippen molar-refractivity contribution in [2.24, 2.45) is 11.3 Å². The van der Waals surface area contributed by atoms with Gasteiger partial charge in [-0.15, -0.1) is 0 Å². The second-order valence-electron chi connectivity index (χ2n) is 6.13. The Morgan fingerprint density at radius 2 is 1.85 bits per heavy atom. The summed E-state index contributed by atoms with van der Waals surface area (Å²) in [5.41, 5.74) is -0.0192. The molecule has 1 saturated carbocycles. The Labute approximate surface area is 123 Å². The monoisotopic (exact) mass is 282 g/mol. The molecule has 3 unspecified atom stereocenters. The molecule has 0 aromatic carbocycles. The third kappa shape index (κ3) is 2.95. The van der Waals surface area contributed by atoms with Crippen LogP contribution in [-0.4, -0.2) is 39.6 Å². The van der Waals surface area contributed by atoms with Gasteiger partial charge in [-0.05, 0) is 32.1 Å². The number of hydrogen-bond donors (Lipinski definition) is 0. The molecule has 3 nitrogen and oxygen atoms in total. The van der Waals surface area contributed by atoms with E-state index >= 15 is 0 Å². The van der Waals surface area contributed by atoms with Gasteiger partial charge in [0.1, 0.15) is 0 Å². The van der Waals surface area contributed by atoms with Crippen LogP contribution in [0.4, 0.5) is 0 Å². The van der Waals surface area contributed by atoms with E-state index < -0.39 is 0 Å². The van der Waals surface area contributed by atoms with E-state index in [0.717, 1.165) is 19.6 Å². The lowest BCUT2D eigenvalue weighted by molar-refractivity contribution is -0.161. The molecule has 3 atom stereocenters. The normalized spacial score (nSPS) is 35.4. The zero-order valence-electron chi connectivity index (χ0n) is 13.3. The molecule has 0 radical (unpaired) electrons. The Bertz CT molecular complexity index is 309. The van der Waals surface area contributed by atoms with Gasteiger partial charge in [0.15, 0.2) is 0 Å². The molecule has 3 heteroatoms. The molecule has 0 spiro atoms. The molecule has 20 heavy (non-hydrogen) atoms. The Balaban J connectivity index is 2.31. The van der Waals surface area contributed by atoms with Gasteiger partial charge in [-0.3, -0.25) is 0 Å². The fourth-order valence-corrected chi connectivity index (χ4v) is 4.23. The molecule has 2 aliphatic carbocycles. The Morgan fingerprint density at radius 1 is 1.10 bits per heavy atom. The van der Waals surface area contributed by atoms with Gasteiger partial charge in [0.2, 0.25) is 0 Å². The highest BCUT2D eigenvalue weighted by Gasteiger charge is 2.52. The standard InChI is InChI=1S/C17H30O3/c1-4-20-13-17(14-9-6-5-7-10-14)15(18-2)11-8-12-16(17)19-3/h8,11,14-16H,4-7,9-10,12-13H2,1-3H3. The average Bonchev–Trinajstić information content (AvgIpc) is 2.53. The molecule has 0 bridgehead atoms. The summed E-state index contributed by atoms with van der Waals surface area (Å²) in [4.78, 5) is 0. The van der Waals surface area contributed by atoms with Crippen LogP contribution in [-0.2, 0) is 14.2 Å². The van der Waals surface area contributed by atoms with E-state index in [1.54, 1.807) is 0 Å². The van der Waals surface area contributed by atoms with Crippen molar-refractivity contribution < 1.29 is 14.2 Å². The van der Waals surface area contributed by atoms with Crippen molar-refractivity contribution in [2.45, 2.75) is 57.7 Å². The summed E-state index contributed by atoms with van der Waals surface area (Å²) < 4.78 is 17.6. The zero-order valence-corrected chi connectivity index (χ0v) is 13.3. The van der Waals surface area contributed by atoms with Crippen LogP contribution in [0, 0.1) is 11.3 Å². The number of methoxy groups -OCH3 is 2. The Hall–Kier alpha value is -0.380. The van der Waals surface area contributed by atoms with Crippen LogP contribution in [0.15, 0.2) is 12.2 Å². The highest BCUT2D eigenvalue weighted by Crippen LogP contribution is 2.49. The molecule has 2 aliphatic rings. The first kappa shape index (κ1) is 16.0. The van der Waals surface area contributed by atoms with Gasteiger partial charge in [0.05, 0.1) is 24.2 Å². The first-order valence-electron chi connectivity index (χ1n) is 8.09. The van der Waals surface area contributed by atoms with Crippen molar-refractivity contribution in [2.75, 3.05) is 27.4 Å². The topological polar surface area (TPSA) is 27.7 Å². The van der Waals surface area contributed by atoms with E-state index in [1.807, 2.05) is 14.2 Å². The first-order chi connectivity index (χ1) is 9.79. The molecule has 116 valence electrons. The van der Waals surface area contributed by atoms with Crippen molar-refractivity contribution in [3.05, 3.63) is 12.2 Å². The summed E-state index contributed by atoms with van der Waals surface area (Å²) in [6.45, 7) is 3.57. The summed E-state index contributed by atoms with van der Waals surface area (Å²) in [7, 11) is 3.65. The van der Waals surface area contributed by atoms with E-state index in [0.29, 0.717) is 5.92 Å². The third-order valence-corrected chi connectivity index (χ3v) is 5.25. The minimum absolute atomic E-state index is 0.0192. The van der Waals surface area contributed by atoms with Gasteiger partial charge >= 0.3 is 0 Å². The molecule has 0 aliphatic heterocycles. The van der Waals surface area contributed by atoms with E-state index in [-0.39, 0.29) is 17.6 Å². The van der Waals surface area contributed by atoms with Crippen molar-refractivity contribution in [1.82, 2.24) is 0 Å². The number of hydrogen-bond acceptors (Lipinski definition) is 3. The molecule has 0 amide bonds. The summed E-state index contributed by atoms with van der Waals surface area (Å²) in [6.07, 6.45) is 12.3. The fourth-order valence-electron chi connectivity index (χ4n) is 4.23. The van der Waals surface area contributed by atoms with Gasteiger partial charge in [-0.2, -0.15) is 0 Å². The second-order valence-corrected chi connectivity index (χ2v) is 6.13. The van der Waals surface area contributed by atoms with Crippen molar-refractivity contribution >= 4 is 0 Å². The predicted octanol–water partition coefficient (Wildman–Crippen LogP) is 3.58. The van der Waals surface area contributed by atoms with Gasteiger partial charge in [-0.25, -0.2) is 0 Å². The predicted molar refractivity (Wildman–Crippen MR) is 80.9 cm³/mol. The van der Waals surface area contributed by atoms with Crippen LogP contribution in [0.1, 0.15) is 45.4 Å². The summed E-state index contributed by atoms with van der Waals surface area (Å²) in [5.74, 6) is 0.641. The van der Waals surface area contributed by atoms with E-state index in [2.05, 4.69) is 19.1 Å². The number of rotatable bonds is 6. The van der Waals surface area contributed by atoms with E-state index in [9.17, 15) is 0 Å². The van der Waals surface area contributed by atoms with Crippen molar-refractivity contribution in [1.29, 1.82) is 0 Å². The lowest BCUT2D eigenvalue weighted by atomic mass is 9.60. The Kier molecular flexibility index (Phi) is 6.06. The number of ether oxygens (including phenoxy) is 3. The first-order valence-corrected chi connectivity index (χ1v) is 8.09. The lowest BCUT2D eigenvalue weighted by Gasteiger charge is -2.51. The second kappa shape index (κ2) is 7.58. The molecular formula is C17H30O3. The van der Waals surface area contributed by atoms with Gasteiger partial charge in [0.25, 0.3) is 0 Å². The molecule has 2 rings (SSSR count). The largest absolute Gasteiger partial charge is 0.381 e. The fraction of sp³-hybridized carbons (Fsp3) is 0.882. The quantitative estimate of drug-likeness (QED) is 0.697. The minimum Gasteiger partial charge on any atom is -0.381 e. The molecule has 0 N–H and O–H groups in total. The average molecular weight is 282 g/mol. The molecule has 0 aromatic heterocycles. The van der Waals surface area contributed by atoms with Gasteiger partial charge in [-0.1, -0.05) is 31.4 Å². The summed E-state index contributed by atoms with van der Waals surface area (Å²) >= 11 is 0. The summed E-state index contributed by atoms with van der Waals surface area (Å²) in [5, 5.41) is 0. The lowest BCUT2D eigenvalue weighted by Crippen LogP contribution is -2.56. The van der Waals surface area contributed by atoms with Gasteiger partial charge in [0, 0.05) is 20.8 Å². The van der Waals surface area contributed by atoms with Crippen LogP contribution in [0.2, 0.25) is 0 Å². The van der Waals surface area contributed by atoms with Crippen molar-refractivity contribution in [3.8, 4) is 0 Å². The SMILES string of the molecule is CCOCC1(C2CCCCC2)C(OC)C=CCC1OC. The molecule has 1 fully saturated rings.